The van der Waals surface area contributed by atoms with Crippen LogP contribution in [0.3, 0.4) is 0 Å². The van der Waals surface area contributed by atoms with Crippen LogP contribution < -0.4 is 10.1 Å². The zero-order chi connectivity index (χ0) is 16.8. The number of anilines is 1. The number of hydrogen-bond acceptors (Lipinski definition) is 2. The first-order valence-corrected chi connectivity index (χ1v) is 9.28. The lowest BCUT2D eigenvalue weighted by molar-refractivity contribution is -0.116. The van der Waals surface area contributed by atoms with Gasteiger partial charge in [0.15, 0.2) is 0 Å². The third-order valence-electron chi connectivity index (χ3n) is 3.36. The molecule has 0 aliphatic rings. The first-order chi connectivity index (χ1) is 11.0. The first kappa shape index (κ1) is 18.3. The predicted octanol–water partition coefficient (Wildman–Crippen LogP) is 5.47. The summed E-state index contributed by atoms with van der Waals surface area (Å²) in [4.78, 5) is 12.0. The van der Waals surface area contributed by atoms with E-state index in [0.29, 0.717) is 19.4 Å². The second-order valence-electron chi connectivity index (χ2n) is 5.39. The van der Waals surface area contributed by atoms with E-state index < -0.39 is 0 Å². The molecule has 2 aromatic carbocycles. The molecule has 0 saturated carbocycles. The van der Waals surface area contributed by atoms with Crippen LogP contribution in [0, 0.1) is 17.4 Å². The predicted molar refractivity (Wildman–Crippen MR) is 106 cm³/mol. The summed E-state index contributed by atoms with van der Waals surface area (Å²) in [5, 5.41) is 2.95. The number of carbonyl (C=O) groups excluding carboxylic acids is 1. The Kier molecular flexibility index (Phi) is 6.89. The number of nitrogens with one attached hydrogen (secondary N) is 1. The highest BCUT2D eigenvalue weighted by molar-refractivity contribution is 14.1. The Hall–Kier alpha value is -1.08. The lowest BCUT2D eigenvalue weighted by Gasteiger charge is -2.10. The normalized spacial score (nSPS) is 10.4. The summed E-state index contributed by atoms with van der Waals surface area (Å²) in [6.45, 7) is 4.54. The molecule has 5 heteroatoms. The average molecular weight is 488 g/mol. The van der Waals surface area contributed by atoms with E-state index in [1.165, 1.54) is 5.56 Å². The van der Waals surface area contributed by atoms with E-state index in [2.05, 4.69) is 43.8 Å². The van der Waals surface area contributed by atoms with Gasteiger partial charge in [-0.3, -0.25) is 4.79 Å². The van der Waals surface area contributed by atoms with Gasteiger partial charge >= 0.3 is 0 Å². The van der Waals surface area contributed by atoms with Gasteiger partial charge in [0, 0.05) is 15.7 Å². The molecule has 2 aromatic rings. The third-order valence-corrected chi connectivity index (χ3v) is 4.65. The summed E-state index contributed by atoms with van der Waals surface area (Å²) < 4.78 is 7.81. The van der Waals surface area contributed by atoms with Crippen molar-refractivity contribution < 1.29 is 9.53 Å². The van der Waals surface area contributed by atoms with Gasteiger partial charge in [-0.15, -0.1) is 0 Å². The highest BCUT2D eigenvalue weighted by Gasteiger charge is 2.06. The molecule has 0 fully saturated rings. The largest absolute Gasteiger partial charge is 0.492 e. The fourth-order valence-corrected chi connectivity index (χ4v) is 3.37. The summed E-state index contributed by atoms with van der Waals surface area (Å²) in [5.41, 5.74) is 3.12. The molecule has 0 radical (unpaired) electrons. The van der Waals surface area contributed by atoms with Crippen molar-refractivity contribution in [2.75, 3.05) is 11.9 Å². The monoisotopic (exact) mass is 487 g/mol. The smallest absolute Gasteiger partial charge is 0.224 e. The van der Waals surface area contributed by atoms with E-state index in [-0.39, 0.29) is 5.91 Å². The molecular formula is C18H19BrINO2. The molecule has 0 aromatic heterocycles. The Morgan fingerprint density at radius 2 is 2.00 bits per heavy atom. The SMILES string of the molecule is Cc1ccc(OCCCC(=O)Nc2ccc(I)cc2C)c(Br)c1. The molecule has 23 heavy (non-hydrogen) atoms. The maximum atomic E-state index is 12.0. The number of aryl methyl sites for hydroxylation is 2. The van der Waals surface area contributed by atoms with Crippen molar-refractivity contribution in [3.05, 3.63) is 55.6 Å². The van der Waals surface area contributed by atoms with Crippen molar-refractivity contribution in [1.82, 2.24) is 0 Å². The molecule has 0 unspecified atom stereocenters. The standard InChI is InChI=1S/C18H19BrINO2/c1-12-5-8-17(15(19)10-12)23-9-3-4-18(22)21-16-7-6-14(20)11-13(16)2/h5-8,10-11H,3-4,9H2,1-2H3,(H,21,22). The third kappa shape index (κ3) is 5.80. The van der Waals surface area contributed by atoms with Crippen LogP contribution in [-0.2, 0) is 4.79 Å². The zero-order valence-electron chi connectivity index (χ0n) is 13.2. The summed E-state index contributed by atoms with van der Waals surface area (Å²) in [7, 11) is 0. The van der Waals surface area contributed by atoms with E-state index in [4.69, 9.17) is 4.74 Å². The van der Waals surface area contributed by atoms with Crippen molar-refractivity contribution in [2.45, 2.75) is 26.7 Å². The fraction of sp³-hybridized carbons (Fsp3) is 0.278. The van der Waals surface area contributed by atoms with Crippen molar-refractivity contribution in [2.24, 2.45) is 0 Å². The molecule has 1 amide bonds. The molecule has 122 valence electrons. The van der Waals surface area contributed by atoms with Gasteiger partial charge in [0.1, 0.15) is 5.75 Å². The van der Waals surface area contributed by atoms with Gasteiger partial charge in [-0.1, -0.05) is 6.07 Å². The Morgan fingerprint density at radius 1 is 1.22 bits per heavy atom. The van der Waals surface area contributed by atoms with Crippen LogP contribution in [0.4, 0.5) is 5.69 Å². The van der Waals surface area contributed by atoms with Gasteiger partial charge in [0.05, 0.1) is 11.1 Å². The molecule has 1 N–H and O–H groups in total. The lowest BCUT2D eigenvalue weighted by Crippen LogP contribution is -2.13. The van der Waals surface area contributed by atoms with Gasteiger partial charge in [-0.25, -0.2) is 0 Å². The Labute approximate surface area is 159 Å². The molecule has 0 bridgehead atoms. The van der Waals surface area contributed by atoms with E-state index in [1.807, 2.05) is 50.2 Å². The first-order valence-electron chi connectivity index (χ1n) is 7.40. The Balaban J connectivity index is 1.76. The van der Waals surface area contributed by atoms with Gasteiger partial charge in [-0.05, 0) is 100 Å². The van der Waals surface area contributed by atoms with Crippen LogP contribution >= 0.6 is 38.5 Å². The summed E-state index contributed by atoms with van der Waals surface area (Å²) in [6.07, 6.45) is 1.12. The minimum Gasteiger partial charge on any atom is -0.492 e. The van der Waals surface area contributed by atoms with Gasteiger partial charge in [0.2, 0.25) is 5.91 Å². The molecule has 0 saturated heterocycles. The molecule has 3 nitrogen and oxygen atoms in total. The molecule has 0 heterocycles. The highest BCUT2D eigenvalue weighted by Crippen LogP contribution is 2.26. The molecule has 0 atom stereocenters. The van der Waals surface area contributed by atoms with Crippen LogP contribution in [0.1, 0.15) is 24.0 Å². The van der Waals surface area contributed by atoms with E-state index in [9.17, 15) is 4.79 Å². The summed E-state index contributed by atoms with van der Waals surface area (Å²) in [6, 6.07) is 11.9. The lowest BCUT2D eigenvalue weighted by atomic mass is 10.2. The van der Waals surface area contributed by atoms with Crippen molar-refractivity contribution in [3.8, 4) is 5.75 Å². The fourth-order valence-electron chi connectivity index (χ4n) is 2.12. The number of amides is 1. The van der Waals surface area contributed by atoms with Crippen molar-refractivity contribution >= 4 is 50.1 Å². The van der Waals surface area contributed by atoms with Crippen LogP contribution in [-0.4, -0.2) is 12.5 Å². The van der Waals surface area contributed by atoms with Gasteiger partial charge in [0.25, 0.3) is 0 Å². The molecule has 0 aliphatic carbocycles. The van der Waals surface area contributed by atoms with Gasteiger partial charge in [-0.2, -0.15) is 0 Å². The van der Waals surface area contributed by atoms with E-state index in [1.54, 1.807) is 0 Å². The minimum absolute atomic E-state index is 0.0147. The molecule has 0 spiro atoms. The van der Waals surface area contributed by atoms with E-state index >= 15 is 0 Å². The topological polar surface area (TPSA) is 38.3 Å². The average Bonchev–Trinajstić information content (AvgIpc) is 2.48. The maximum absolute atomic E-state index is 12.0. The Bertz CT molecular complexity index is 703. The molecular weight excluding hydrogens is 469 g/mol. The van der Waals surface area contributed by atoms with Crippen LogP contribution in [0.5, 0.6) is 5.75 Å². The summed E-state index contributed by atoms with van der Waals surface area (Å²) >= 11 is 5.74. The van der Waals surface area contributed by atoms with Gasteiger partial charge < -0.3 is 10.1 Å². The van der Waals surface area contributed by atoms with Crippen LogP contribution in [0.15, 0.2) is 40.9 Å². The Morgan fingerprint density at radius 3 is 2.70 bits per heavy atom. The second kappa shape index (κ2) is 8.68. The van der Waals surface area contributed by atoms with Crippen LogP contribution in [0.25, 0.3) is 0 Å². The number of rotatable bonds is 6. The number of carbonyl (C=O) groups is 1. The van der Waals surface area contributed by atoms with Crippen LogP contribution in [0.2, 0.25) is 0 Å². The number of ether oxygens (including phenoxy) is 1. The maximum Gasteiger partial charge on any atom is 0.224 e. The number of hydrogen-bond donors (Lipinski definition) is 1. The molecule has 0 aliphatic heterocycles. The highest BCUT2D eigenvalue weighted by atomic mass is 127. The minimum atomic E-state index is 0.0147. The van der Waals surface area contributed by atoms with E-state index in [0.717, 1.165) is 25.0 Å². The number of benzene rings is 2. The quantitative estimate of drug-likeness (QED) is 0.433. The molecule has 2 rings (SSSR count). The number of halogens is 2. The van der Waals surface area contributed by atoms with Crippen molar-refractivity contribution in [3.63, 3.8) is 0 Å². The zero-order valence-corrected chi connectivity index (χ0v) is 16.9. The van der Waals surface area contributed by atoms with Crippen molar-refractivity contribution in [1.29, 1.82) is 0 Å². The second-order valence-corrected chi connectivity index (χ2v) is 7.49. The summed E-state index contributed by atoms with van der Waals surface area (Å²) in [5.74, 6) is 0.824.